The summed E-state index contributed by atoms with van der Waals surface area (Å²) in [5.74, 6) is 0.00165. The molecule has 2 aromatic rings. The van der Waals surface area contributed by atoms with Crippen molar-refractivity contribution in [1.82, 2.24) is 4.90 Å². The molecule has 1 fully saturated rings. The molecule has 1 amide bonds. The number of rotatable bonds is 6. The summed E-state index contributed by atoms with van der Waals surface area (Å²) in [6.45, 7) is 0.549. The fourth-order valence-electron chi connectivity index (χ4n) is 3.70. The lowest BCUT2D eigenvalue weighted by Gasteiger charge is -2.25. The van der Waals surface area contributed by atoms with Crippen LogP contribution in [0.2, 0.25) is 0 Å². The standard InChI is InChI=1S/C22H20F2N2O4/c23-16-5-3-15(18(24)8-16)10-26(22(27)13-1-2-13)11-17-9-19(25-30-17)14-4-6-20-21(7-14)29-12-28-20/h3-8,13,17H,1-2,9-12H2/t17-/m0/s1. The number of carbonyl (C=O) groups excluding carboxylic acids is 1. The molecule has 0 aromatic heterocycles. The van der Waals surface area contributed by atoms with Crippen LogP contribution in [-0.4, -0.2) is 36.0 Å². The predicted molar refractivity (Wildman–Crippen MR) is 103 cm³/mol. The molecule has 0 radical (unpaired) electrons. The van der Waals surface area contributed by atoms with E-state index in [0.717, 1.165) is 30.2 Å². The second-order valence-electron chi connectivity index (χ2n) is 7.77. The van der Waals surface area contributed by atoms with E-state index in [1.165, 1.54) is 12.1 Å². The van der Waals surface area contributed by atoms with Crippen molar-refractivity contribution in [3.05, 3.63) is 59.2 Å². The molecule has 1 aliphatic carbocycles. The molecule has 1 atom stereocenters. The number of carbonyl (C=O) groups is 1. The second-order valence-corrected chi connectivity index (χ2v) is 7.77. The summed E-state index contributed by atoms with van der Waals surface area (Å²) in [5.41, 5.74) is 1.90. The van der Waals surface area contributed by atoms with Gasteiger partial charge in [-0.05, 0) is 37.1 Å². The molecule has 8 heteroatoms. The highest BCUT2D eigenvalue weighted by Gasteiger charge is 2.36. The van der Waals surface area contributed by atoms with Crippen molar-refractivity contribution >= 4 is 11.6 Å². The molecular weight excluding hydrogens is 394 g/mol. The van der Waals surface area contributed by atoms with E-state index in [0.29, 0.717) is 17.9 Å². The summed E-state index contributed by atoms with van der Waals surface area (Å²) in [6.07, 6.45) is 1.86. The number of amides is 1. The normalized spacial score (nSPS) is 19.4. The lowest BCUT2D eigenvalue weighted by Crippen LogP contribution is -2.38. The maximum Gasteiger partial charge on any atom is 0.231 e. The van der Waals surface area contributed by atoms with Gasteiger partial charge in [0.25, 0.3) is 0 Å². The summed E-state index contributed by atoms with van der Waals surface area (Å²) in [5, 5.41) is 4.18. The summed E-state index contributed by atoms with van der Waals surface area (Å²) in [6, 6.07) is 8.98. The molecule has 5 rings (SSSR count). The molecule has 0 spiro atoms. The quantitative estimate of drug-likeness (QED) is 0.725. The zero-order valence-corrected chi connectivity index (χ0v) is 16.1. The van der Waals surface area contributed by atoms with Crippen molar-refractivity contribution in [2.24, 2.45) is 11.1 Å². The fourth-order valence-corrected chi connectivity index (χ4v) is 3.70. The van der Waals surface area contributed by atoms with Gasteiger partial charge in [-0.3, -0.25) is 4.79 Å². The third-order valence-corrected chi connectivity index (χ3v) is 5.48. The Morgan fingerprint density at radius 3 is 2.73 bits per heavy atom. The Morgan fingerprint density at radius 1 is 1.10 bits per heavy atom. The summed E-state index contributed by atoms with van der Waals surface area (Å²) in [4.78, 5) is 19.9. The van der Waals surface area contributed by atoms with Gasteiger partial charge in [0.2, 0.25) is 12.7 Å². The number of nitrogens with zero attached hydrogens (tertiary/aromatic N) is 2. The highest BCUT2D eigenvalue weighted by molar-refractivity contribution is 6.01. The van der Waals surface area contributed by atoms with Gasteiger partial charge in [-0.1, -0.05) is 11.2 Å². The van der Waals surface area contributed by atoms with Crippen LogP contribution in [0.1, 0.15) is 30.4 Å². The van der Waals surface area contributed by atoms with E-state index >= 15 is 0 Å². The van der Waals surface area contributed by atoms with Crippen LogP contribution >= 0.6 is 0 Å². The van der Waals surface area contributed by atoms with E-state index in [9.17, 15) is 13.6 Å². The first kappa shape index (κ1) is 18.8. The highest BCUT2D eigenvalue weighted by atomic mass is 19.1. The third kappa shape index (κ3) is 3.81. The lowest BCUT2D eigenvalue weighted by molar-refractivity contribution is -0.135. The monoisotopic (exact) mass is 414 g/mol. The van der Waals surface area contributed by atoms with Crippen LogP contribution in [-0.2, 0) is 16.2 Å². The number of hydrogen-bond donors (Lipinski definition) is 0. The number of hydrogen-bond acceptors (Lipinski definition) is 5. The first-order chi connectivity index (χ1) is 14.6. The molecule has 6 nitrogen and oxygen atoms in total. The smallest absolute Gasteiger partial charge is 0.231 e. The maximum atomic E-state index is 14.1. The van der Waals surface area contributed by atoms with Gasteiger partial charge in [0.05, 0.1) is 12.3 Å². The second kappa shape index (κ2) is 7.59. The Balaban J connectivity index is 1.28. The number of benzene rings is 2. The van der Waals surface area contributed by atoms with Crippen LogP contribution in [0, 0.1) is 17.6 Å². The van der Waals surface area contributed by atoms with Crippen LogP contribution in [0.3, 0.4) is 0 Å². The minimum absolute atomic E-state index is 0.0239. The van der Waals surface area contributed by atoms with Gasteiger partial charge in [-0.2, -0.15) is 0 Å². The topological polar surface area (TPSA) is 60.4 Å². The highest BCUT2D eigenvalue weighted by Crippen LogP contribution is 2.34. The predicted octanol–water partition coefficient (Wildman–Crippen LogP) is 3.63. The molecule has 0 bridgehead atoms. The number of fused-ring (bicyclic) bond motifs is 1. The average Bonchev–Trinajstić information content (AvgIpc) is 3.29. The van der Waals surface area contributed by atoms with Crippen molar-refractivity contribution in [2.45, 2.75) is 31.9 Å². The zero-order chi connectivity index (χ0) is 20.7. The van der Waals surface area contributed by atoms with Crippen molar-refractivity contribution in [1.29, 1.82) is 0 Å². The van der Waals surface area contributed by atoms with Crippen LogP contribution in [0.15, 0.2) is 41.6 Å². The fraction of sp³-hybridized carbons (Fsp3) is 0.364. The van der Waals surface area contributed by atoms with Gasteiger partial charge in [0, 0.05) is 36.1 Å². The van der Waals surface area contributed by atoms with Crippen molar-refractivity contribution < 1.29 is 27.9 Å². The molecule has 156 valence electrons. The molecule has 0 saturated heterocycles. The summed E-state index contributed by atoms with van der Waals surface area (Å²) < 4.78 is 38.1. The van der Waals surface area contributed by atoms with Crippen LogP contribution < -0.4 is 9.47 Å². The van der Waals surface area contributed by atoms with E-state index in [1.54, 1.807) is 4.90 Å². The largest absolute Gasteiger partial charge is 0.454 e. The molecule has 3 aliphatic rings. The van der Waals surface area contributed by atoms with E-state index in [1.807, 2.05) is 18.2 Å². The Bertz CT molecular complexity index is 1020. The molecule has 2 heterocycles. The lowest BCUT2D eigenvalue weighted by atomic mass is 10.0. The van der Waals surface area contributed by atoms with Gasteiger partial charge >= 0.3 is 0 Å². The molecule has 0 unspecified atom stereocenters. The molecule has 2 aliphatic heterocycles. The number of oxime groups is 1. The minimum atomic E-state index is -0.659. The van der Waals surface area contributed by atoms with Crippen LogP contribution in [0.5, 0.6) is 11.5 Å². The number of ether oxygens (including phenoxy) is 2. The van der Waals surface area contributed by atoms with Gasteiger partial charge in [0.1, 0.15) is 11.6 Å². The van der Waals surface area contributed by atoms with E-state index in [-0.39, 0.29) is 43.4 Å². The van der Waals surface area contributed by atoms with Crippen LogP contribution in [0.4, 0.5) is 8.78 Å². The first-order valence-electron chi connectivity index (χ1n) is 9.92. The molecular formula is C22H20F2N2O4. The molecule has 1 saturated carbocycles. The molecule has 0 N–H and O–H groups in total. The number of halogens is 2. The van der Waals surface area contributed by atoms with Crippen molar-refractivity contribution in [2.75, 3.05) is 13.3 Å². The Kier molecular flexibility index (Phi) is 4.77. The Hall–Kier alpha value is -3.16. The summed E-state index contributed by atoms with van der Waals surface area (Å²) >= 11 is 0. The van der Waals surface area contributed by atoms with Gasteiger partial charge < -0.3 is 19.2 Å². The zero-order valence-electron chi connectivity index (χ0n) is 16.1. The minimum Gasteiger partial charge on any atom is -0.454 e. The van der Waals surface area contributed by atoms with E-state index in [2.05, 4.69) is 5.16 Å². The molecule has 2 aromatic carbocycles. The SMILES string of the molecule is O=C(C1CC1)N(Cc1ccc(F)cc1F)C[C@@H]1CC(c2ccc3c(c2)OCO3)=NO1. The first-order valence-corrected chi connectivity index (χ1v) is 9.92. The summed E-state index contributed by atoms with van der Waals surface area (Å²) in [7, 11) is 0. The van der Waals surface area contributed by atoms with Crippen molar-refractivity contribution in [3.8, 4) is 11.5 Å². The maximum absolute atomic E-state index is 14.1. The van der Waals surface area contributed by atoms with E-state index in [4.69, 9.17) is 14.3 Å². The van der Waals surface area contributed by atoms with Gasteiger partial charge in [0.15, 0.2) is 17.6 Å². The molecule has 30 heavy (non-hydrogen) atoms. The van der Waals surface area contributed by atoms with E-state index < -0.39 is 11.6 Å². The van der Waals surface area contributed by atoms with Crippen molar-refractivity contribution in [3.63, 3.8) is 0 Å². The Morgan fingerprint density at radius 2 is 1.93 bits per heavy atom. The van der Waals surface area contributed by atoms with Gasteiger partial charge in [-0.15, -0.1) is 0 Å². The Labute approximate surface area is 172 Å². The van der Waals surface area contributed by atoms with Gasteiger partial charge in [-0.25, -0.2) is 8.78 Å². The van der Waals surface area contributed by atoms with Crippen LogP contribution in [0.25, 0.3) is 0 Å². The third-order valence-electron chi connectivity index (χ3n) is 5.48. The average molecular weight is 414 g/mol.